The maximum absolute atomic E-state index is 11.6. The monoisotopic (exact) mass is 241 g/mol. The third-order valence-corrected chi connectivity index (χ3v) is 3.77. The molecule has 2 N–H and O–H groups in total. The van der Waals surface area contributed by atoms with Gasteiger partial charge in [-0.25, -0.2) is 9.59 Å². The topological polar surface area (TPSA) is 75.6 Å². The van der Waals surface area contributed by atoms with E-state index in [-0.39, 0.29) is 5.41 Å². The Hall–Kier alpha value is -1.26. The molecule has 0 aromatic rings. The minimum atomic E-state index is -1.08. The molecular weight excluding hydrogens is 222 g/mol. The van der Waals surface area contributed by atoms with Crippen molar-refractivity contribution in [2.75, 3.05) is 0 Å². The van der Waals surface area contributed by atoms with E-state index < -0.39 is 23.2 Å². The van der Waals surface area contributed by atoms with Gasteiger partial charge in [-0.2, -0.15) is 0 Å². The zero-order chi connectivity index (χ0) is 12.9. The van der Waals surface area contributed by atoms with Gasteiger partial charge in [0.05, 0.1) is 0 Å². The fourth-order valence-corrected chi connectivity index (χ4v) is 2.68. The van der Waals surface area contributed by atoms with Crippen molar-refractivity contribution in [3.05, 3.63) is 0 Å². The van der Waals surface area contributed by atoms with E-state index in [1.54, 1.807) is 20.8 Å². The average Bonchev–Trinajstić information content (AvgIpc) is 2.70. The lowest BCUT2D eigenvalue weighted by Gasteiger charge is -2.31. The molecule has 1 atom stereocenters. The predicted octanol–water partition coefficient (Wildman–Crippen LogP) is 1.91. The lowest BCUT2D eigenvalue weighted by Crippen LogP contribution is -2.50. The van der Waals surface area contributed by atoms with E-state index in [9.17, 15) is 14.7 Å². The second kappa shape index (κ2) is 3.37. The van der Waals surface area contributed by atoms with Crippen molar-refractivity contribution in [3.63, 3.8) is 0 Å². The molecule has 1 amide bonds. The number of hydrogen-bond acceptors (Lipinski definition) is 3. The molecule has 0 aliphatic heterocycles. The van der Waals surface area contributed by atoms with Crippen molar-refractivity contribution in [3.8, 4) is 0 Å². The van der Waals surface area contributed by atoms with Crippen LogP contribution >= 0.6 is 0 Å². The van der Waals surface area contributed by atoms with Gasteiger partial charge in [0.2, 0.25) is 0 Å². The number of carboxylic acid groups (broad SMARTS) is 1. The van der Waals surface area contributed by atoms with Crippen LogP contribution in [0.5, 0.6) is 0 Å². The third-order valence-electron chi connectivity index (χ3n) is 3.77. The first kappa shape index (κ1) is 12.2. The van der Waals surface area contributed by atoms with Gasteiger partial charge in [0.1, 0.15) is 11.1 Å². The summed E-state index contributed by atoms with van der Waals surface area (Å²) >= 11 is 0. The number of hydrogen-bond donors (Lipinski definition) is 2. The zero-order valence-electron chi connectivity index (χ0n) is 10.5. The molecule has 1 spiro atoms. The number of carbonyl (C=O) groups excluding carboxylic acids is 1. The minimum absolute atomic E-state index is 0.199. The first-order chi connectivity index (χ1) is 7.71. The summed E-state index contributed by atoms with van der Waals surface area (Å²) in [6.07, 6.45) is 2.72. The Balaban J connectivity index is 2.02. The van der Waals surface area contributed by atoms with E-state index in [2.05, 4.69) is 5.32 Å². The molecule has 2 fully saturated rings. The SMILES string of the molecule is CC(C)(C)OC(=O)NC1(C(=O)O)CC12CCC2. The van der Waals surface area contributed by atoms with Crippen LogP contribution in [0.25, 0.3) is 0 Å². The highest BCUT2D eigenvalue weighted by Gasteiger charge is 2.75. The van der Waals surface area contributed by atoms with Crippen LogP contribution < -0.4 is 5.32 Å². The number of carboxylic acids is 1. The number of ether oxygens (including phenoxy) is 1. The van der Waals surface area contributed by atoms with E-state index in [1.807, 2.05) is 0 Å². The first-order valence-electron chi connectivity index (χ1n) is 5.95. The lowest BCUT2D eigenvalue weighted by molar-refractivity contribution is -0.142. The molecule has 2 aliphatic rings. The third kappa shape index (κ3) is 1.87. The van der Waals surface area contributed by atoms with Gasteiger partial charge >= 0.3 is 12.1 Å². The van der Waals surface area contributed by atoms with E-state index >= 15 is 0 Å². The van der Waals surface area contributed by atoms with E-state index in [0.717, 1.165) is 19.3 Å². The number of aliphatic carboxylic acids is 1. The quantitative estimate of drug-likeness (QED) is 0.774. The molecule has 2 aliphatic carbocycles. The molecule has 5 nitrogen and oxygen atoms in total. The Bertz CT molecular complexity index is 367. The summed E-state index contributed by atoms with van der Waals surface area (Å²) in [6.45, 7) is 5.27. The number of rotatable bonds is 2. The molecule has 0 radical (unpaired) electrons. The highest BCUT2D eigenvalue weighted by Crippen LogP contribution is 2.68. The van der Waals surface area contributed by atoms with Crippen LogP contribution in [0.15, 0.2) is 0 Å². The minimum Gasteiger partial charge on any atom is -0.479 e. The summed E-state index contributed by atoms with van der Waals surface area (Å²) in [4.78, 5) is 23.0. The van der Waals surface area contributed by atoms with Crippen LogP contribution in [-0.4, -0.2) is 28.3 Å². The van der Waals surface area contributed by atoms with Gasteiger partial charge in [-0.05, 0) is 40.0 Å². The second-order valence-electron chi connectivity index (χ2n) is 6.15. The van der Waals surface area contributed by atoms with Crippen molar-refractivity contribution >= 4 is 12.1 Å². The number of amides is 1. The molecule has 0 aromatic carbocycles. The smallest absolute Gasteiger partial charge is 0.408 e. The highest BCUT2D eigenvalue weighted by molar-refractivity contribution is 5.90. The summed E-state index contributed by atoms with van der Waals surface area (Å²) in [5.41, 5.74) is -1.88. The van der Waals surface area contributed by atoms with Crippen LogP contribution in [0.2, 0.25) is 0 Å². The molecule has 2 rings (SSSR count). The van der Waals surface area contributed by atoms with Crippen molar-refractivity contribution in [1.29, 1.82) is 0 Å². The van der Waals surface area contributed by atoms with Gasteiger partial charge < -0.3 is 15.2 Å². The summed E-state index contributed by atoms with van der Waals surface area (Å²) in [6, 6.07) is 0. The fraction of sp³-hybridized carbons (Fsp3) is 0.833. The maximum atomic E-state index is 11.6. The zero-order valence-corrected chi connectivity index (χ0v) is 10.5. The van der Waals surface area contributed by atoms with Crippen LogP contribution in [0.4, 0.5) is 4.79 Å². The first-order valence-corrected chi connectivity index (χ1v) is 5.95. The van der Waals surface area contributed by atoms with Gasteiger partial charge in [0.15, 0.2) is 0 Å². The van der Waals surface area contributed by atoms with Crippen LogP contribution in [0, 0.1) is 5.41 Å². The lowest BCUT2D eigenvalue weighted by atomic mass is 9.78. The standard InChI is InChI=1S/C12H19NO4/c1-10(2,3)17-9(16)13-12(8(14)15)7-11(12)5-4-6-11/h4-7H2,1-3H3,(H,13,16)(H,14,15). The second-order valence-corrected chi connectivity index (χ2v) is 6.15. The van der Waals surface area contributed by atoms with E-state index in [0.29, 0.717) is 6.42 Å². The van der Waals surface area contributed by atoms with Crippen LogP contribution in [-0.2, 0) is 9.53 Å². The van der Waals surface area contributed by atoms with Crippen LogP contribution in [0.3, 0.4) is 0 Å². The van der Waals surface area contributed by atoms with Crippen LogP contribution in [0.1, 0.15) is 46.5 Å². The van der Waals surface area contributed by atoms with Crippen molar-refractivity contribution in [2.45, 2.75) is 57.6 Å². The molecule has 5 heteroatoms. The summed E-state index contributed by atoms with van der Waals surface area (Å²) in [5, 5.41) is 11.8. The van der Waals surface area contributed by atoms with Crippen molar-refractivity contribution in [2.24, 2.45) is 5.41 Å². The number of alkyl carbamates (subject to hydrolysis) is 1. The summed E-state index contributed by atoms with van der Waals surface area (Å²) in [5.74, 6) is -0.942. The molecule has 0 saturated heterocycles. The van der Waals surface area contributed by atoms with Gasteiger partial charge in [0.25, 0.3) is 0 Å². The maximum Gasteiger partial charge on any atom is 0.408 e. The summed E-state index contributed by atoms with van der Waals surface area (Å²) < 4.78 is 5.11. The van der Waals surface area contributed by atoms with Gasteiger partial charge in [-0.1, -0.05) is 6.42 Å². The fourth-order valence-electron chi connectivity index (χ4n) is 2.68. The Labute approximate surface area is 101 Å². The normalized spacial score (nSPS) is 29.4. The summed E-state index contributed by atoms with van der Waals surface area (Å²) in [7, 11) is 0. The molecule has 96 valence electrons. The molecule has 0 heterocycles. The molecule has 17 heavy (non-hydrogen) atoms. The number of carbonyl (C=O) groups is 2. The Morgan fingerprint density at radius 2 is 1.88 bits per heavy atom. The van der Waals surface area contributed by atoms with Gasteiger partial charge in [-0.3, -0.25) is 0 Å². The molecule has 0 bridgehead atoms. The number of nitrogens with one attached hydrogen (secondary N) is 1. The van der Waals surface area contributed by atoms with E-state index in [4.69, 9.17) is 4.74 Å². The highest BCUT2D eigenvalue weighted by atomic mass is 16.6. The van der Waals surface area contributed by atoms with E-state index in [1.165, 1.54) is 0 Å². The van der Waals surface area contributed by atoms with Gasteiger partial charge in [-0.15, -0.1) is 0 Å². The average molecular weight is 241 g/mol. The largest absolute Gasteiger partial charge is 0.479 e. The Morgan fingerprint density at radius 3 is 2.18 bits per heavy atom. The van der Waals surface area contributed by atoms with Gasteiger partial charge in [0, 0.05) is 5.41 Å². The molecule has 2 saturated carbocycles. The van der Waals surface area contributed by atoms with Crippen molar-refractivity contribution in [1.82, 2.24) is 5.32 Å². The molecule has 1 unspecified atom stereocenters. The van der Waals surface area contributed by atoms with Crippen molar-refractivity contribution < 1.29 is 19.4 Å². The molecule has 0 aromatic heterocycles. The molecular formula is C12H19NO4. The predicted molar refractivity (Wildman–Crippen MR) is 60.6 cm³/mol. The Kier molecular flexibility index (Phi) is 2.42. The Morgan fingerprint density at radius 1 is 1.29 bits per heavy atom.